The lowest BCUT2D eigenvalue weighted by Crippen LogP contribution is -2.32. The Labute approximate surface area is 215 Å². The summed E-state index contributed by atoms with van der Waals surface area (Å²) in [5, 5.41) is 11.5. The van der Waals surface area contributed by atoms with Crippen LogP contribution in [0.5, 0.6) is 5.88 Å². The summed E-state index contributed by atoms with van der Waals surface area (Å²) in [6, 6.07) is 8.20. The molecule has 0 bridgehead atoms. The number of carbonyl (C=O) groups excluding carboxylic acids is 1. The molecule has 1 amide bonds. The maximum Gasteiger partial charge on any atom is 0.392 e. The molecule has 1 fully saturated rings. The first-order valence-electron chi connectivity index (χ1n) is 11.4. The van der Waals surface area contributed by atoms with E-state index in [0.29, 0.717) is 0 Å². The first-order valence-corrected chi connectivity index (χ1v) is 13.0. The summed E-state index contributed by atoms with van der Waals surface area (Å²) in [4.78, 5) is 18.8. The Morgan fingerprint density at radius 3 is 2.47 bits per heavy atom. The smallest absolute Gasteiger partial charge is 0.392 e. The number of aromatic nitrogens is 1. The molecule has 208 valence electrons. The second kappa shape index (κ2) is 12.4. The Kier molecular flexibility index (Phi) is 9.49. The minimum Gasteiger partial charge on any atom is -0.477 e. The largest absolute Gasteiger partial charge is 0.477 e. The minimum atomic E-state index is -4.40. The number of aliphatic hydroxyl groups is 1. The van der Waals surface area contributed by atoms with E-state index in [4.69, 9.17) is 9.84 Å². The number of sulfonamides is 1. The molecule has 1 aliphatic heterocycles. The van der Waals surface area contributed by atoms with Gasteiger partial charge in [0.2, 0.25) is 15.9 Å². The van der Waals surface area contributed by atoms with E-state index in [1.807, 2.05) is 0 Å². The van der Waals surface area contributed by atoms with Crippen LogP contribution >= 0.6 is 0 Å². The Morgan fingerprint density at radius 1 is 1.13 bits per heavy atom. The number of aliphatic hydroxyl groups excluding tert-OH is 1. The average Bonchev–Trinajstić information content (AvgIpc) is 2.83. The minimum absolute atomic E-state index is 0.00130. The number of amides is 1. The van der Waals surface area contributed by atoms with Gasteiger partial charge in [-0.3, -0.25) is 9.52 Å². The highest BCUT2D eigenvalue weighted by atomic mass is 32.2. The molecule has 1 saturated heterocycles. The van der Waals surface area contributed by atoms with Gasteiger partial charge in [0.1, 0.15) is 5.82 Å². The zero-order valence-corrected chi connectivity index (χ0v) is 20.7. The van der Waals surface area contributed by atoms with Gasteiger partial charge in [-0.1, -0.05) is 6.07 Å². The van der Waals surface area contributed by atoms with Crippen LogP contribution in [0, 0.1) is 0 Å². The fraction of sp³-hybridized carbons (Fsp3) is 0.391. The summed E-state index contributed by atoms with van der Waals surface area (Å²) in [5.41, 5.74) is 0.441. The van der Waals surface area contributed by atoms with E-state index in [0.717, 1.165) is 0 Å². The third-order valence-electron chi connectivity index (χ3n) is 5.45. The number of carbonyl (C=O) groups is 1. The molecule has 2 aromatic rings. The predicted octanol–water partition coefficient (Wildman–Crippen LogP) is 4.15. The van der Waals surface area contributed by atoms with Gasteiger partial charge in [0.05, 0.1) is 42.3 Å². The molecule has 2 heterocycles. The van der Waals surface area contributed by atoms with Crippen LogP contribution in [0.2, 0.25) is 0 Å². The predicted molar refractivity (Wildman–Crippen MR) is 130 cm³/mol. The quantitative estimate of drug-likeness (QED) is 0.371. The van der Waals surface area contributed by atoms with Crippen molar-refractivity contribution in [2.24, 2.45) is 0 Å². The number of nitrogens with zero attached hydrogens (tertiary/aromatic N) is 2. The van der Waals surface area contributed by atoms with Gasteiger partial charge in [0.15, 0.2) is 0 Å². The van der Waals surface area contributed by atoms with E-state index in [9.17, 15) is 35.2 Å². The van der Waals surface area contributed by atoms with Gasteiger partial charge in [-0.15, -0.1) is 0 Å². The number of alkyl halides is 3. The molecule has 0 atom stereocenters. The molecule has 3 N–H and O–H groups in total. The van der Waals surface area contributed by atoms with Crippen LogP contribution in [-0.4, -0.2) is 62.6 Å². The number of nitrogens with one attached hydrogen (secondary N) is 2. The highest BCUT2D eigenvalue weighted by Gasteiger charge is 2.27. The van der Waals surface area contributed by atoms with Crippen LogP contribution in [0.15, 0.2) is 48.1 Å². The third-order valence-corrected chi connectivity index (χ3v) is 6.72. The fourth-order valence-electron chi connectivity index (χ4n) is 3.63. The molecule has 0 radical (unpaired) electrons. The van der Waals surface area contributed by atoms with Crippen molar-refractivity contribution in [2.45, 2.75) is 25.4 Å². The Balaban J connectivity index is 1.84. The van der Waals surface area contributed by atoms with Crippen molar-refractivity contribution in [3.63, 3.8) is 0 Å². The number of ether oxygens (including phenoxy) is 1. The van der Waals surface area contributed by atoms with Crippen LogP contribution < -0.4 is 19.7 Å². The number of benzene rings is 1. The highest BCUT2D eigenvalue weighted by Crippen LogP contribution is 2.31. The summed E-state index contributed by atoms with van der Waals surface area (Å²) in [6.07, 6.45) is -7.24. The van der Waals surface area contributed by atoms with Gasteiger partial charge in [-0.25, -0.2) is 8.42 Å². The maximum absolute atomic E-state index is 13.1. The van der Waals surface area contributed by atoms with Crippen LogP contribution in [-0.2, 0) is 10.0 Å². The molecule has 1 aromatic heterocycles. The second-order valence-electron chi connectivity index (χ2n) is 8.26. The zero-order valence-electron chi connectivity index (χ0n) is 19.9. The number of anilines is 3. The van der Waals surface area contributed by atoms with Crippen molar-refractivity contribution >= 4 is 33.1 Å². The van der Waals surface area contributed by atoms with Crippen LogP contribution in [0.3, 0.4) is 0 Å². The van der Waals surface area contributed by atoms with Crippen molar-refractivity contribution in [2.75, 3.05) is 47.0 Å². The topological polar surface area (TPSA) is 121 Å². The number of piperidine rings is 1. The van der Waals surface area contributed by atoms with E-state index in [1.54, 1.807) is 4.90 Å². The normalized spacial score (nSPS) is 14.3. The van der Waals surface area contributed by atoms with E-state index >= 15 is 0 Å². The SMILES string of the molecule is O=C(Nc1cccc(OCCC(F)(F)F)n1)c1ccc(NS(=O)(=O)CCO)cc1N1CCC(=C(F)F)CC1. The average molecular weight is 565 g/mol. The maximum atomic E-state index is 13.1. The molecule has 0 aliphatic carbocycles. The summed E-state index contributed by atoms with van der Waals surface area (Å²) in [7, 11) is -3.88. The van der Waals surface area contributed by atoms with Crippen LogP contribution in [0.4, 0.5) is 39.1 Å². The standard InChI is InChI=1S/C23H25F5N4O5S/c24-21(25)15-6-9-32(10-7-15)18-14-16(31-38(35,36)13-11-33)4-5-17(18)22(34)30-19-2-1-3-20(29-19)37-12-8-23(26,27)28/h1-5,14,31,33H,6-13H2,(H,29,30,34). The highest BCUT2D eigenvalue weighted by molar-refractivity contribution is 7.92. The monoisotopic (exact) mass is 564 g/mol. The first-order chi connectivity index (χ1) is 17.9. The van der Waals surface area contributed by atoms with Crippen LogP contribution in [0.1, 0.15) is 29.6 Å². The molecule has 38 heavy (non-hydrogen) atoms. The molecular weight excluding hydrogens is 539 g/mol. The molecular formula is C23H25F5N4O5S. The van der Waals surface area contributed by atoms with E-state index in [1.165, 1.54) is 36.4 Å². The van der Waals surface area contributed by atoms with Gasteiger partial charge in [0.25, 0.3) is 12.0 Å². The van der Waals surface area contributed by atoms with Gasteiger partial charge < -0.3 is 20.1 Å². The van der Waals surface area contributed by atoms with Crippen molar-refractivity contribution in [1.82, 2.24) is 4.98 Å². The molecule has 3 rings (SSSR count). The second-order valence-corrected chi connectivity index (χ2v) is 10.1. The molecule has 0 saturated carbocycles. The molecule has 0 spiro atoms. The van der Waals surface area contributed by atoms with Gasteiger partial charge >= 0.3 is 6.18 Å². The molecule has 1 aliphatic rings. The van der Waals surface area contributed by atoms with E-state index < -0.39 is 53.6 Å². The number of rotatable bonds is 10. The Hall–Kier alpha value is -3.46. The number of hydrogen-bond acceptors (Lipinski definition) is 7. The summed E-state index contributed by atoms with van der Waals surface area (Å²) in [6.45, 7) is -0.984. The van der Waals surface area contributed by atoms with E-state index in [-0.39, 0.29) is 60.1 Å². The Bertz CT molecular complexity index is 1270. The lowest BCUT2D eigenvalue weighted by Gasteiger charge is -2.31. The van der Waals surface area contributed by atoms with E-state index in [2.05, 4.69) is 15.0 Å². The van der Waals surface area contributed by atoms with Gasteiger partial charge in [0, 0.05) is 19.2 Å². The summed E-state index contributed by atoms with van der Waals surface area (Å²) < 4.78 is 94.6. The van der Waals surface area contributed by atoms with Gasteiger partial charge in [-0.05, 0) is 42.7 Å². The number of pyridine rings is 1. The number of hydrogen-bond donors (Lipinski definition) is 3. The molecule has 15 heteroatoms. The van der Waals surface area contributed by atoms with Crippen molar-refractivity contribution in [3.05, 3.63) is 53.6 Å². The summed E-state index contributed by atoms with van der Waals surface area (Å²) >= 11 is 0. The number of halogens is 5. The van der Waals surface area contributed by atoms with Crippen molar-refractivity contribution in [3.8, 4) is 5.88 Å². The van der Waals surface area contributed by atoms with Gasteiger partial charge in [-0.2, -0.15) is 26.9 Å². The molecule has 9 nitrogen and oxygen atoms in total. The zero-order chi connectivity index (χ0) is 27.9. The lowest BCUT2D eigenvalue weighted by molar-refractivity contribution is -0.139. The first kappa shape index (κ1) is 29.1. The molecule has 1 aromatic carbocycles. The van der Waals surface area contributed by atoms with Crippen molar-refractivity contribution in [1.29, 1.82) is 0 Å². The fourth-order valence-corrected chi connectivity index (χ4v) is 4.45. The van der Waals surface area contributed by atoms with Crippen molar-refractivity contribution < 1.29 is 45.0 Å². The summed E-state index contributed by atoms with van der Waals surface area (Å²) in [5.74, 6) is -1.38. The van der Waals surface area contributed by atoms with Crippen LogP contribution in [0.25, 0.3) is 0 Å². The molecule has 0 unspecified atom stereocenters. The third kappa shape index (κ3) is 8.55. The Morgan fingerprint density at radius 2 is 1.84 bits per heavy atom. The lowest BCUT2D eigenvalue weighted by atomic mass is 10.0.